The second-order valence-electron chi connectivity index (χ2n) is 16.3. The number of hydrogen-bond acceptors (Lipinski definition) is 11. The highest BCUT2D eigenvalue weighted by molar-refractivity contribution is 7.84. The van der Waals surface area contributed by atoms with Crippen LogP contribution >= 0.6 is 0 Å². The zero-order chi connectivity index (χ0) is 30.3. The molecule has 5 saturated heterocycles. The van der Waals surface area contributed by atoms with Crippen molar-refractivity contribution in [1.82, 2.24) is 42.5 Å². The van der Waals surface area contributed by atoms with Crippen molar-refractivity contribution in [2.24, 2.45) is 52.5 Å². The van der Waals surface area contributed by atoms with Crippen molar-refractivity contribution in [2.75, 3.05) is 0 Å². The Hall–Kier alpha value is -0.450. The van der Waals surface area contributed by atoms with Gasteiger partial charge in [-0.05, 0) is 92.8 Å². The van der Waals surface area contributed by atoms with Crippen LogP contribution in [-0.2, 0) is 14.5 Å². The van der Waals surface area contributed by atoms with Gasteiger partial charge in [0.2, 0.25) is 0 Å². The average molecular weight is 648 g/mol. The lowest BCUT2D eigenvalue weighted by molar-refractivity contribution is 0.0471. The Bertz CT molecular complexity index is 1190. The van der Waals surface area contributed by atoms with Gasteiger partial charge >= 0.3 is 10.3 Å². The van der Waals surface area contributed by atoms with Crippen molar-refractivity contribution in [2.45, 2.75) is 152 Å². The van der Waals surface area contributed by atoms with E-state index >= 15 is 0 Å². The molecule has 0 radical (unpaired) electrons. The Kier molecular flexibility index (Phi) is 8.26. The van der Waals surface area contributed by atoms with E-state index in [1.54, 1.807) is 0 Å². The van der Waals surface area contributed by atoms with Crippen molar-refractivity contribution in [3.05, 3.63) is 0 Å². The minimum Gasteiger partial charge on any atom is -0.286 e. The van der Waals surface area contributed by atoms with Gasteiger partial charge < -0.3 is 0 Å². The quantitative estimate of drug-likeness (QED) is 0.208. The van der Waals surface area contributed by atoms with Crippen LogP contribution in [0.2, 0.25) is 0 Å². The summed E-state index contributed by atoms with van der Waals surface area (Å²) in [5.41, 5.74) is 0. The lowest BCUT2D eigenvalue weighted by Crippen LogP contribution is -2.62. The molecule has 45 heavy (non-hydrogen) atoms. The Morgan fingerprint density at radius 2 is 0.689 bits per heavy atom. The third-order valence-corrected chi connectivity index (χ3v) is 14.6. The molecule has 17 unspecified atom stereocenters. The first kappa shape index (κ1) is 30.6. The highest BCUT2D eigenvalue weighted by atomic mass is 32.2. The fourth-order valence-electron chi connectivity index (χ4n) is 12.3. The summed E-state index contributed by atoms with van der Waals surface area (Å²) in [7, 11) is -4.05. The molecule has 5 heterocycles. The van der Waals surface area contributed by atoms with E-state index in [-0.39, 0.29) is 48.8 Å². The summed E-state index contributed by atoms with van der Waals surface area (Å²) in [5.74, 6) is 3.90. The van der Waals surface area contributed by atoms with Crippen LogP contribution in [-0.4, -0.2) is 63.8 Å². The molecule has 10 N–H and O–H groups in total. The molecule has 4 aliphatic carbocycles. The van der Waals surface area contributed by atoms with Crippen LogP contribution in [0.1, 0.15) is 96.3 Å². The molecule has 0 aromatic carbocycles. The molecule has 13 heteroatoms. The van der Waals surface area contributed by atoms with E-state index in [1.165, 1.54) is 77.0 Å². The standard InChI is InChI=1S/C32H57N9O3S/c33-45(42,43)44-23-15-7-14-22-24(23)32-40-30-21-13-6-5-12-20(21)28(38-30)36-26-17-9-2-1-8-16(17)25(34-26)35-27-18-10-3-4-11-19(18)29(37-27)39-31(22)41-32/h16-32,34-41H,1-15H2,(H2,33,42,43). The first-order valence-corrected chi connectivity index (χ1v) is 20.2. The molecule has 254 valence electrons. The molecule has 17 atom stereocenters. The van der Waals surface area contributed by atoms with Crippen molar-refractivity contribution in [3.63, 3.8) is 0 Å². The van der Waals surface area contributed by atoms with Gasteiger partial charge in [0.25, 0.3) is 0 Å². The van der Waals surface area contributed by atoms with E-state index in [4.69, 9.17) is 9.32 Å². The Labute approximate surface area is 269 Å². The van der Waals surface area contributed by atoms with Crippen LogP contribution < -0.4 is 47.7 Å². The van der Waals surface area contributed by atoms with Gasteiger partial charge in [-0.25, -0.2) is 5.14 Å². The van der Waals surface area contributed by atoms with Gasteiger partial charge in [0.15, 0.2) is 0 Å². The van der Waals surface area contributed by atoms with Crippen LogP contribution in [0.4, 0.5) is 0 Å². The summed E-state index contributed by atoms with van der Waals surface area (Å²) >= 11 is 0. The predicted octanol–water partition coefficient (Wildman–Crippen LogP) is 0.804. The van der Waals surface area contributed by atoms with Gasteiger partial charge in [0, 0.05) is 5.92 Å². The largest absolute Gasteiger partial charge is 0.333 e. The molecule has 9 fully saturated rings. The zero-order valence-corrected chi connectivity index (χ0v) is 27.4. The highest BCUT2D eigenvalue weighted by Gasteiger charge is 2.56. The van der Waals surface area contributed by atoms with Crippen LogP contribution in [0.3, 0.4) is 0 Å². The monoisotopic (exact) mass is 647 g/mol. The summed E-state index contributed by atoms with van der Waals surface area (Å²) in [4.78, 5) is 0. The third kappa shape index (κ3) is 5.63. The maximum atomic E-state index is 12.3. The second-order valence-corrected chi connectivity index (χ2v) is 17.5. The van der Waals surface area contributed by atoms with E-state index in [1.807, 2.05) is 0 Å². The molecule has 8 bridgehead atoms. The van der Waals surface area contributed by atoms with Crippen LogP contribution in [0.15, 0.2) is 0 Å². The first-order valence-electron chi connectivity index (χ1n) is 18.7. The normalized spacial score (nSPS) is 54.6. The number of hydrogen-bond donors (Lipinski definition) is 9. The number of rotatable bonds is 2. The number of fused-ring (bicyclic) bond motifs is 20. The maximum absolute atomic E-state index is 12.3. The minimum atomic E-state index is -4.05. The molecular formula is C32H57N9O3S. The zero-order valence-electron chi connectivity index (χ0n) is 26.6. The predicted molar refractivity (Wildman–Crippen MR) is 171 cm³/mol. The number of nitrogens with one attached hydrogen (secondary N) is 8. The smallest absolute Gasteiger partial charge is 0.286 e. The van der Waals surface area contributed by atoms with Gasteiger partial charge in [-0.15, -0.1) is 0 Å². The summed E-state index contributed by atoms with van der Waals surface area (Å²) in [5, 5.41) is 38.3. The van der Waals surface area contributed by atoms with Gasteiger partial charge in [-0.1, -0.05) is 44.9 Å². The molecule has 0 aromatic rings. The van der Waals surface area contributed by atoms with Crippen molar-refractivity contribution in [1.29, 1.82) is 0 Å². The summed E-state index contributed by atoms with van der Waals surface area (Å²) in [6, 6.07) is 0. The van der Waals surface area contributed by atoms with Gasteiger partial charge in [0.05, 0.1) is 55.4 Å². The Balaban J connectivity index is 1.06. The molecule has 9 aliphatic rings. The van der Waals surface area contributed by atoms with Gasteiger partial charge in [-0.3, -0.25) is 46.7 Å². The average Bonchev–Trinajstić information content (AvgIpc) is 3.76. The summed E-state index contributed by atoms with van der Waals surface area (Å²) in [6.45, 7) is 0. The summed E-state index contributed by atoms with van der Waals surface area (Å²) < 4.78 is 30.2. The molecule has 4 saturated carbocycles. The Morgan fingerprint density at radius 1 is 0.400 bits per heavy atom. The topological polar surface area (TPSA) is 166 Å². The molecule has 0 aromatic heterocycles. The summed E-state index contributed by atoms with van der Waals surface area (Å²) in [6.07, 6.45) is 19.3. The number of nitrogens with two attached hydrogens (primary N) is 1. The van der Waals surface area contributed by atoms with E-state index in [0.717, 1.165) is 12.8 Å². The lowest BCUT2D eigenvalue weighted by atomic mass is 9.75. The molecule has 0 amide bonds. The third-order valence-electron chi connectivity index (χ3n) is 14.1. The SMILES string of the molecule is NS(=O)(=O)OC1CCCC2C3NC4NC(NC5NC(NC6NC(NC(N3)C12)C1CCCCC61)C1CCCCC51)C1CCCCC41. The van der Waals surface area contributed by atoms with Crippen LogP contribution in [0.25, 0.3) is 0 Å². The second kappa shape index (κ2) is 12.2. The molecule has 12 nitrogen and oxygen atoms in total. The first-order chi connectivity index (χ1) is 21.9. The van der Waals surface area contributed by atoms with Crippen molar-refractivity contribution >= 4 is 10.3 Å². The fourth-order valence-corrected chi connectivity index (χ4v) is 12.9. The molecule has 5 aliphatic heterocycles. The van der Waals surface area contributed by atoms with E-state index < -0.39 is 16.4 Å². The lowest BCUT2D eigenvalue weighted by Gasteiger charge is -2.38. The van der Waals surface area contributed by atoms with Crippen LogP contribution in [0.5, 0.6) is 0 Å². The fraction of sp³-hybridized carbons (Fsp3) is 1.00. The van der Waals surface area contributed by atoms with Crippen molar-refractivity contribution < 1.29 is 12.6 Å². The van der Waals surface area contributed by atoms with Crippen LogP contribution in [0, 0.1) is 47.3 Å². The van der Waals surface area contributed by atoms with Gasteiger partial charge in [-0.2, -0.15) is 8.42 Å². The highest BCUT2D eigenvalue weighted by Crippen LogP contribution is 2.46. The van der Waals surface area contributed by atoms with E-state index in [2.05, 4.69) is 42.5 Å². The van der Waals surface area contributed by atoms with Gasteiger partial charge in [0.1, 0.15) is 0 Å². The maximum Gasteiger partial charge on any atom is 0.333 e. The molecule has 0 spiro atoms. The van der Waals surface area contributed by atoms with Crippen molar-refractivity contribution in [3.8, 4) is 0 Å². The molecular weight excluding hydrogens is 590 g/mol. The van der Waals surface area contributed by atoms with E-state index in [0.29, 0.717) is 54.3 Å². The Morgan fingerprint density at radius 3 is 1.02 bits per heavy atom. The minimum absolute atomic E-state index is 0.0132. The molecule has 9 rings (SSSR count). The van der Waals surface area contributed by atoms with E-state index in [9.17, 15) is 8.42 Å².